The SMILES string of the molecule is O=c1c([N+]23CCC(CC2)CC3)cc2cccnc2n1C1C=CC(O)=CC1. The Kier molecular flexibility index (Phi) is 3.54. The third-order valence-electron chi connectivity index (χ3n) is 6.57. The van der Waals surface area contributed by atoms with Gasteiger partial charge in [0.05, 0.1) is 25.7 Å². The van der Waals surface area contributed by atoms with Gasteiger partial charge < -0.3 is 5.11 Å². The molecule has 0 amide bonds. The van der Waals surface area contributed by atoms with Crippen LogP contribution in [0.2, 0.25) is 0 Å². The summed E-state index contributed by atoms with van der Waals surface area (Å²) in [7, 11) is 0. The molecule has 2 aromatic rings. The average Bonchev–Trinajstić information content (AvgIpc) is 2.70. The summed E-state index contributed by atoms with van der Waals surface area (Å²) in [5, 5.41) is 10.7. The number of aliphatic hydroxyl groups excluding tert-OH is 1. The maximum absolute atomic E-state index is 13.6. The second-order valence-electron chi connectivity index (χ2n) is 7.96. The maximum Gasteiger partial charge on any atom is 0.314 e. The van der Waals surface area contributed by atoms with Gasteiger partial charge >= 0.3 is 5.56 Å². The Morgan fingerprint density at radius 2 is 1.96 bits per heavy atom. The molecule has 26 heavy (non-hydrogen) atoms. The van der Waals surface area contributed by atoms with Crippen LogP contribution in [0.25, 0.3) is 11.0 Å². The van der Waals surface area contributed by atoms with Crippen molar-refractivity contribution in [3.05, 3.63) is 58.7 Å². The van der Waals surface area contributed by atoms with E-state index in [0.29, 0.717) is 6.42 Å². The van der Waals surface area contributed by atoms with Crippen molar-refractivity contribution in [2.45, 2.75) is 31.7 Å². The number of pyridine rings is 2. The summed E-state index contributed by atoms with van der Waals surface area (Å²) in [6, 6.07) is 5.98. The van der Waals surface area contributed by atoms with Crippen LogP contribution in [0, 0.1) is 5.92 Å². The lowest BCUT2D eigenvalue weighted by Gasteiger charge is -2.48. The standard InChI is InChI=1S/C21H23N3O2/c25-18-5-3-17(4-6-18)23-20-16(2-1-10-22-20)14-19(21(23)26)24-11-7-15(8-12-24)9-13-24/h1-3,5-6,10,14-15,17H,4,7-9,11-13H2/p+1. The van der Waals surface area contributed by atoms with E-state index in [0.717, 1.165) is 46.8 Å². The van der Waals surface area contributed by atoms with Crippen molar-refractivity contribution in [2.24, 2.45) is 5.92 Å². The quantitative estimate of drug-likeness (QED) is 0.844. The molecule has 3 saturated heterocycles. The van der Waals surface area contributed by atoms with Crippen LogP contribution in [0.1, 0.15) is 31.7 Å². The van der Waals surface area contributed by atoms with E-state index >= 15 is 0 Å². The van der Waals surface area contributed by atoms with Crippen molar-refractivity contribution in [1.82, 2.24) is 14.0 Å². The molecular weight excluding hydrogens is 326 g/mol. The molecule has 0 aromatic carbocycles. The molecule has 2 bridgehead atoms. The van der Waals surface area contributed by atoms with Gasteiger partial charge in [0.1, 0.15) is 11.4 Å². The van der Waals surface area contributed by atoms with Crippen molar-refractivity contribution in [1.29, 1.82) is 0 Å². The van der Waals surface area contributed by atoms with Gasteiger partial charge in [-0.2, -0.15) is 0 Å². The van der Waals surface area contributed by atoms with Gasteiger partial charge in [-0.25, -0.2) is 4.98 Å². The van der Waals surface area contributed by atoms with Gasteiger partial charge in [0.15, 0.2) is 5.69 Å². The van der Waals surface area contributed by atoms with Crippen molar-refractivity contribution < 1.29 is 5.11 Å². The van der Waals surface area contributed by atoms with Crippen LogP contribution in [0.4, 0.5) is 5.69 Å². The molecule has 5 nitrogen and oxygen atoms in total. The van der Waals surface area contributed by atoms with Gasteiger partial charge in [-0.05, 0) is 36.6 Å². The van der Waals surface area contributed by atoms with Gasteiger partial charge in [0.2, 0.25) is 0 Å². The summed E-state index contributed by atoms with van der Waals surface area (Å²) < 4.78 is 2.68. The minimum absolute atomic E-state index is 0.0842. The van der Waals surface area contributed by atoms with Crippen LogP contribution >= 0.6 is 0 Å². The Balaban J connectivity index is 1.72. The molecule has 3 fully saturated rings. The first-order chi connectivity index (χ1) is 12.7. The molecule has 134 valence electrons. The normalized spacial score (nSPS) is 30.5. The largest absolute Gasteiger partial charge is 0.508 e. The minimum atomic E-state index is -0.101. The Morgan fingerprint density at radius 1 is 1.19 bits per heavy atom. The number of hydrogen-bond donors (Lipinski definition) is 1. The fourth-order valence-corrected chi connectivity index (χ4v) is 5.01. The molecule has 2 aromatic heterocycles. The molecule has 5 heterocycles. The number of rotatable bonds is 2. The van der Waals surface area contributed by atoms with Gasteiger partial charge in [-0.15, -0.1) is 0 Å². The predicted molar refractivity (Wildman–Crippen MR) is 103 cm³/mol. The number of piperidine rings is 3. The molecule has 1 atom stereocenters. The predicted octanol–water partition coefficient (Wildman–Crippen LogP) is 3.46. The Morgan fingerprint density at radius 3 is 2.65 bits per heavy atom. The summed E-state index contributed by atoms with van der Waals surface area (Å²) in [6.45, 7) is 3.23. The Hall–Kier alpha value is -2.40. The maximum atomic E-state index is 13.6. The number of hydrogen-bond acceptors (Lipinski definition) is 3. The van der Waals surface area contributed by atoms with Crippen LogP contribution in [0.5, 0.6) is 0 Å². The molecule has 3 aliphatic heterocycles. The molecule has 4 aliphatic rings. The van der Waals surface area contributed by atoms with Crippen molar-refractivity contribution >= 4 is 16.7 Å². The van der Waals surface area contributed by atoms with E-state index in [9.17, 15) is 9.90 Å². The lowest BCUT2D eigenvalue weighted by atomic mass is 9.85. The zero-order valence-corrected chi connectivity index (χ0v) is 14.8. The molecule has 1 aliphatic carbocycles. The van der Waals surface area contributed by atoms with E-state index in [2.05, 4.69) is 17.1 Å². The fourth-order valence-electron chi connectivity index (χ4n) is 5.01. The molecule has 1 unspecified atom stereocenters. The highest BCUT2D eigenvalue weighted by atomic mass is 16.3. The van der Waals surface area contributed by atoms with Gasteiger partial charge in [-0.3, -0.25) is 13.8 Å². The zero-order chi connectivity index (χ0) is 17.7. The summed E-state index contributed by atoms with van der Waals surface area (Å²) in [5.41, 5.74) is 1.74. The summed E-state index contributed by atoms with van der Waals surface area (Å²) in [6.07, 6.45) is 11.4. The third kappa shape index (κ3) is 2.34. The van der Waals surface area contributed by atoms with Crippen LogP contribution < -0.4 is 10.0 Å². The van der Waals surface area contributed by atoms with Crippen molar-refractivity contribution in [3.8, 4) is 0 Å². The summed E-state index contributed by atoms with van der Waals surface area (Å²) in [4.78, 5) is 18.2. The second-order valence-corrected chi connectivity index (χ2v) is 7.96. The van der Waals surface area contributed by atoms with E-state index in [1.54, 1.807) is 18.3 Å². The van der Waals surface area contributed by atoms with Crippen molar-refractivity contribution in [2.75, 3.05) is 19.6 Å². The fraction of sp³-hybridized carbons (Fsp3) is 0.429. The van der Waals surface area contributed by atoms with Gasteiger partial charge in [0, 0.05) is 36.9 Å². The summed E-state index contributed by atoms with van der Waals surface area (Å²) >= 11 is 0. The molecular formula is C21H24N3O2+. The lowest BCUT2D eigenvalue weighted by molar-refractivity contribution is 0.113. The lowest BCUT2D eigenvalue weighted by Crippen LogP contribution is -2.61. The Labute approximate surface area is 152 Å². The van der Waals surface area contributed by atoms with Gasteiger partial charge in [0.25, 0.3) is 0 Å². The van der Waals surface area contributed by atoms with Gasteiger partial charge in [-0.1, -0.05) is 6.08 Å². The molecule has 0 saturated carbocycles. The third-order valence-corrected chi connectivity index (χ3v) is 6.57. The van der Waals surface area contributed by atoms with E-state index < -0.39 is 0 Å². The molecule has 5 heteroatoms. The highest BCUT2D eigenvalue weighted by molar-refractivity contribution is 5.79. The molecule has 0 spiro atoms. The monoisotopic (exact) mass is 350 g/mol. The van der Waals surface area contributed by atoms with E-state index in [-0.39, 0.29) is 17.4 Å². The number of aromatic nitrogens is 2. The second kappa shape index (κ2) is 5.81. The first kappa shape index (κ1) is 15.8. The van der Waals surface area contributed by atoms with Crippen LogP contribution in [0.15, 0.2) is 53.2 Å². The van der Waals surface area contributed by atoms with Crippen LogP contribution in [-0.4, -0.2) is 34.3 Å². The number of quaternary nitrogens is 1. The summed E-state index contributed by atoms with van der Waals surface area (Å²) in [5.74, 6) is 1.12. The van der Waals surface area contributed by atoms with Crippen LogP contribution in [-0.2, 0) is 0 Å². The van der Waals surface area contributed by atoms with E-state index in [4.69, 9.17) is 0 Å². The number of allylic oxidation sites excluding steroid dienone is 3. The van der Waals surface area contributed by atoms with Crippen LogP contribution in [0.3, 0.4) is 0 Å². The molecule has 1 N–H and O–H groups in total. The zero-order valence-electron chi connectivity index (χ0n) is 14.8. The average molecular weight is 350 g/mol. The van der Waals surface area contributed by atoms with E-state index in [1.165, 1.54) is 19.3 Å². The first-order valence-corrected chi connectivity index (χ1v) is 9.61. The molecule has 6 rings (SSSR count). The topological polar surface area (TPSA) is 55.1 Å². The minimum Gasteiger partial charge on any atom is -0.508 e. The number of aliphatic hydroxyl groups is 1. The highest BCUT2D eigenvalue weighted by Gasteiger charge is 2.43. The number of nitrogens with zero attached hydrogens (tertiary/aromatic N) is 3. The first-order valence-electron chi connectivity index (χ1n) is 9.61. The number of fused-ring (bicyclic) bond motifs is 4. The van der Waals surface area contributed by atoms with Crippen molar-refractivity contribution in [3.63, 3.8) is 0 Å². The smallest absolute Gasteiger partial charge is 0.314 e. The van der Waals surface area contributed by atoms with E-state index in [1.807, 2.05) is 16.7 Å². The Bertz CT molecular complexity index is 967. The highest BCUT2D eigenvalue weighted by Crippen LogP contribution is 2.38. The molecule has 0 radical (unpaired) electrons.